The summed E-state index contributed by atoms with van der Waals surface area (Å²) in [6, 6.07) is 3.21. The van der Waals surface area contributed by atoms with Gasteiger partial charge < -0.3 is 9.29 Å². The van der Waals surface area contributed by atoms with Crippen molar-refractivity contribution in [3.63, 3.8) is 0 Å². The topological polar surface area (TPSA) is 63.6 Å². The van der Waals surface area contributed by atoms with Gasteiger partial charge in [-0.25, -0.2) is 0 Å². The van der Waals surface area contributed by atoms with Crippen LogP contribution in [0.3, 0.4) is 0 Å². The molecular formula is C7H10O4S2. The first-order chi connectivity index (χ1) is 6.06. The van der Waals surface area contributed by atoms with Gasteiger partial charge in [-0.1, -0.05) is 6.92 Å². The molecule has 4 nitrogen and oxygen atoms in total. The van der Waals surface area contributed by atoms with E-state index in [4.69, 9.17) is 5.11 Å². The van der Waals surface area contributed by atoms with E-state index in [-0.39, 0.29) is 11.5 Å². The molecular weight excluding hydrogens is 212 g/mol. The predicted molar refractivity (Wildman–Crippen MR) is 50.2 cm³/mol. The Labute approximate surface area is 80.9 Å². The van der Waals surface area contributed by atoms with E-state index >= 15 is 0 Å². The van der Waals surface area contributed by atoms with Gasteiger partial charge in [0.05, 0.1) is 0 Å². The van der Waals surface area contributed by atoms with Gasteiger partial charge in [-0.3, -0.25) is 0 Å². The van der Waals surface area contributed by atoms with E-state index in [1.165, 1.54) is 17.4 Å². The third kappa shape index (κ3) is 2.68. The van der Waals surface area contributed by atoms with Crippen molar-refractivity contribution in [2.75, 3.05) is 0 Å². The second-order valence-electron chi connectivity index (χ2n) is 2.37. The zero-order chi connectivity index (χ0) is 9.90. The van der Waals surface area contributed by atoms with Gasteiger partial charge in [0.2, 0.25) is 0 Å². The molecule has 0 fully saturated rings. The first-order valence-electron chi connectivity index (χ1n) is 3.71. The van der Waals surface area contributed by atoms with E-state index in [2.05, 4.69) is 4.18 Å². The summed E-state index contributed by atoms with van der Waals surface area (Å²) < 4.78 is 27.0. The Morgan fingerprint density at radius 3 is 2.85 bits per heavy atom. The number of thiophene rings is 1. The Kier molecular flexibility index (Phi) is 3.29. The number of hydrogen-bond acceptors (Lipinski definition) is 5. The summed E-state index contributed by atoms with van der Waals surface area (Å²) in [6.45, 7) is 1.57. The van der Waals surface area contributed by atoms with Gasteiger partial charge in [0.15, 0.2) is 10.5 Å². The van der Waals surface area contributed by atoms with E-state index in [1.807, 2.05) is 0 Å². The van der Waals surface area contributed by atoms with Gasteiger partial charge in [-0.15, -0.1) is 11.3 Å². The Morgan fingerprint density at radius 1 is 1.69 bits per heavy atom. The molecule has 13 heavy (non-hydrogen) atoms. The van der Waals surface area contributed by atoms with Crippen LogP contribution in [0.2, 0.25) is 0 Å². The first-order valence-corrected chi connectivity index (χ1v) is 6.06. The molecule has 0 saturated carbocycles. The largest absolute Gasteiger partial charge is 0.374 e. The third-order valence-corrected chi connectivity index (χ3v) is 3.64. The summed E-state index contributed by atoms with van der Waals surface area (Å²) in [5.41, 5.74) is -1.45. The quantitative estimate of drug-likeness (QED) is 0.777. The summed E-state index contributed by atoms with van der Waals surface area (Å²) in [4.78, 5) is 0. The van der Waals surface area contributed by atoms with Crippen LogP contribution in [0.25, 0.3) is 0 Å². The minimum absolute atomic E-state index is 0.119. The molecule has 6 heteroatoms. The molecule has 1 aromatic heterocycles. The second-order valence-corrected chi connectivity index (χ2v) is 4.98. The van der Waals surface area contributed by atoms with Gasteiger partial charge in [0.1, 0.15) is 0 Å². The maximum atomic E-state index is 11.2. The summed E-state index contributed by atoms with van der Waals surface area (Å²) in [6.07, 6.45) is 0.119. The summed E-state index contributed by atoms with van der Waals surface area (Å²) in [5.74, 6) is 0. The number of rotatable bonds is 4. The van der Waals surface area contributed by atoms with Crippen molar-refractivity contribution in [1.82, 2.24) is 0 Å². The third-order valence-electron chi connectivity index (χ3n) is 1.38. The van der Waals surface area contributed by atoms with E-state index in [0.29, 0.717) is 0 Å². The molecule has 0 spiro atoms. The Morgan fingerprint density at radius 2 is 2.38 bits per heavy atom. The lowest BCUT2D eigenvalue weighted by atomic mass is 10.5. The van der Waals surface area contributed by atoms with Crippen LogP contribution >= 0.6 is 11.3 Å². The highest BCUT2D eigenvalue weighted by Gasteiger charge is 2.23. The molecule has 1 atom stereocenters. The fourth-order valence-corrected chi connectivity index (χ4v) is 2.38. The van der Waals surface area contributed by atoms with E-state index in [0.717, 1.165) is 0 Å². The maximum absolute atomic E-state index is 11.2. The maximum Gasteiger partial charge on any atom is 0.337 e. The van der Waals surface area contributed by atoms with Crippen molar-refractivity contribution in [2.24, 2.45) is 0 Å². The molecule has 1 aromatic rings. The number of aliphatic hydroxyl groups excluding tert-OH is 1. The predicted octanol–water partition coefficient (Wildman–Crippen LogP) is 1.19. The zero-order valence-corrected chi connectivity index (χ0v) is 8.64. The first kappa shape index (κ1) is 10.5. The monoisotopic (exact) mass is 222 g/mol. The molecule has 0 saturated heterocycles. The van der Waals surface area contributed by atoms with Crippen LogP contribution in [0.4, 0.5) is 0 Å². The molecule has 0 radical (unpaired) electrons. The molecule has 1 rings (SSSR count). The fourth-order valence-electron chi connectivity index (χ4n) is 0.685. The molecule has 0 aliphatic heterocycles. The normalized spacial score (nSPS) is 14.0. The van der Waals surface area contributed by atoms with Crippen molar-refractivity contribution in [2.45, 2.75) is 18.8 Å². The zero-order valence-electron chi connectivity index (χ0n) is 7.00. The van der Waals surface area contributed by atoms with E-state index in [9.17, 15) is 8.42 Å². The van der Waals surface area contributed by atoms with Crippen molar-refractivity contribution in [1.29, 1.82) is 0 Å². The molecule has 0 aliphatic rings. The van der Waals surface area contributed by atoms with Gasteiger partial charge in [-0.2, -0.15) is 8.42 Å². The lowest BCUT2D eigenvalue weighted by Crippen LogP contribution is -2.24. The summed E-state index contributed by atoms with van der Waals surface area (Å²) >= 11 is 1.17. The highest BCUT2D eigenvalue weighted by Crippen LogP contribution is 2.21. The summed E-state index contributed by atoms with van der Waals surface area (Å²) in [7, 11) is -3.87. The van der Waals surface area contributed by atoms with Crippen LogP contribution in [0.1, 0.15) is 13.3 Å². The minimum Gasteiger partial charge on any atom is -0.374 e. The molecule has 1 N–H and O–H groups in total. The van der Waals surface area contributed by atoms with Crippen LogP contribution in [0, 0.1) is 0 Å². The standard InChI is InChI=1S/C7H10O4S2/c1-2-6(8)13(9,10)11-7-4-3-5-12-7/h3-6,8H,2H2,1H3. The van der Waals surface area contributed by atoms with E-state index in [1.54, 1.807) is 18.4 Å². The second kappa shape index (κ2) is 4.08. The molecule has 0 bridgehead atoms. The molecule has 0 amide bonds. The highest BCUT2D eigenvalue weighted by atomic mass is 32.2. The highest BCUT2D eigenvalue weighted by molar-refractivity contribution is 7.87. The van der Waals surface area contributed by atoms with Gasteiger partial charge in [-0.05, 0) is 23.9 Å². The number of aliphatic hydroxyl groups is 1. The van der Waals surface area contributed by atoms with Gasteiger partial charge >= 0.3 is 10.1 Å². The van der Waals surface area contributed by atoms with Crippen molar-refractivity contribution in [3.05, 3.63) is 17.5 Å². The minimum atomic E-state index is -3.87. The average molecular weight is 222 g/mol. The van der Waals surface area contributed by atoms with Gasteiger partial charge in [0.25, 0.3) is 0 Å². The Bertz CT molecular complexity index is 341. The van der Waals surface area contributed by atoms with Crippen molar-refractivity contribution < 1.29 is 17.7 Å². The van der Waals surface area contributed by atoms with Crippen LogP contribution in [0.15, 0.2) is 17.5 Å². The Hall–Kier alpha value is -0.590. The lowest BCUT2D eigenvalue weighted by Gasteiger charge is -2.08. The average Bonchev–Trinajstić information content (AvgIpc) is 2.54. The smallest absolute Gasteiger partial charge is 0.337 e. The fraction of sp³-hybridized carbons (Fsp3) is 0.429. The SMILES string of the molecule is CCC(O)S(=O)(=O)Oc1cccs1. The van der Waals surface area contributed by atoms with Crippen molar-refractivity contribution >= 4 is 21.5 Å². The van der Waals surface area contributed by atoms with Crippen molar-refractivity contribution in [3.8, 4) is 5.06 Å². The molecule has 74 valence electrons. The summed E-state index contributed by atoms with van der Waals surface area (Å²) in [5, 5.41) is 11.0. The van der Waals surface area contributed by atoms with E-state index < -0.39 is 15.6 Å². The number of hydrogen-bond donors (Lipinski definition) is 1. The van der Waals surface area contributed by atoms with Crippen LogP contribution in [-0.2, 0) is 10.1 Å². The Balaban J connectivity index is 2.74. The van der Waals surface area contributed by atoms with Crippen LogP contribution < -0.4 is 4.18 Å². The molecule has 1 unspecified atom stereocenters. The molecule has 1 heterocycles. The molecule has 0 aromatic carbocycles. The lowest BCUT2D eigenvalue weighted by molar-refractivity contribution is 0.232. The van der Waals surface area contributed by atoms with Crippen LogP contribution in [0.5, 0.6) is 5.06 Å². The van der Waals surface area contributed by atoms with Crippen LogP contribution in [-0.4, -0.2) is 19.0 Å². The molecule has 0 aliphatic carbocycles. The van der Waals surface area contributed by atoms with Gasteiger partial charge in [0, 0.05) is 0 Å².